The molecule has 0 radical (unpaired) electrons. The Morgan fingerprint density at radius 3 is 2.27 bits per heavy atom. The molecule has 0 bridgehead atoms. The summed E-state index contributed by atoms with van der Waals surface area (Å²) in [4.78, 5) is 0. The molecule has 0 aliphatic rings. The standard InChI is InChI=1S/C19H25NO2/c1-3-15(2)20-13-18(21)14-22-19-11-9-17(10-12-19)16-7-5-4-6-8-16/h4-12,15,18,20-21H,3,13-14H2,1-2H3/t15-,18+/m0/s1. The van der Waals surface area contributed by atoms with Crippen molar-refractivity contribution in [2.45, 2.75) is 32.4 Å². The molecule has 2 N–H and O–H groups in total. The van der Waals surface area contributed by atoms with E-state index in [1.165, 1.54) is 5.56 Å². The van der Waals surface area contributed by atoms with E-state index in [1.807, 2.05) is 42.5 Å². The van der Waals surface area contributed by atoms with Crippen molar-refractivity contribution in [2.75, 3.05) is 13.2 Å². The predicted octanol–water partition coefficient (Wildman–Crippen LogP) is 3.48. The minimum absolute atomic E-state index is 0.300. The summed E-state index contributed by atoms with van der Waals surface area (Å²) >= 11 is 0. The summed E-state index contributed by atoms with van der Waals surface area (Å²) in [5.74, 6) is 0.780. The van der Waals surface area contributed by atoms with E-state index in [2.05, 4.69) is 31.3 Å². The maximum absolute atomic E-state index is 9.90. The molecule has 0 aliphatic heterocycles. The largest absolute Gasteiger partial charge is 0.491 e. The molecular weight excluding hydrogens is 274 g/mol. The molecule has 0 fully saturated rings. The van der Waals surface area contributed by atoms with E-state index in [4.69, 9.17) is 4.74 Å². The second-order valence-corrected chi connectivity index (χ2v) is 5.57. The Hall–Kier alpha value is -1.84. The molecule has 118 valence electrons. The molecule has 22 heavy (non-hydrogen) atoms. The minimum atomic E-state index is -0.497. The van der Waals surface area contributed by atoms with Crippen LogP contribution in [0.25, 0.3) is 11.1 Å². The fraction of sp³-hybridized carbons (Fsp3) is 0.368. The first-order chi connectivity index (χ1) is 10.7. The van der Waals surface area contributed by atoms with Gasteiger partial charge in [-0.05, 0) is 36.6 Å². The van der Waals surface area contributed by atoms with Crippen LogP contribution in [0.1, 0.15) is 20.3 Å². The van der Waals surface area contributed by atoms with Gasteiger partial charge in [0.05, 0.1) is 0 Å². The smallest absolute Gasteiger partial charge is 0.119 e. The number of aliphatic hydroxyl groups excluding tert-OH is 1. The number of benzene rings is 2. The zero-order chi connectivity index (χ0) is 15.8. The molecule has 0 unspecified atom stereocenters. The fourth-order valence-corrected chi connectivity index (χ4v) is 2.11. The number of ether oxygens (including phenoxy) is 1. The van der Waals surface area contributed by atoms with Crippen molar-refractivity contribution in [1.29, 1.82) is 0 Å². The van der Waals surface area contributed by atoms with Crippen molar-refractivity contribution >= 4 is 0 Å². The highest BCUT2D eigenvalue weighted by atomic mass is 16.5. The van der Waals surface area contributed by atoms with Crippen LogP contribution in [0.4, 0.5) is 0 Å². The first-order valence-corrected chi connectivity index (χ1v) is 7.88. The molecule has 2 aromatic rings. The van der Waals surface area contributed by atoms with Crippen LogP contribution in [0.2, 0.25) is 0 Å². The van der Waals surface area contributed by atoms with Crippen LogP contribution in [0, 0.1) is 0 Å². The summed E-state index contributed by atoms with van der Waals surface area (Å²) < 4.78 is 5.63. The van der Waals surface area contributed by atoms with E-state index >= 15 is 0 Å². The third-order valence-corrected chi connectivity index (χ3v) is 3.72. The van der Waals surface area contributed by atoms with E-state index in [0.717, 1.165) is 17.7 Å². The van der Waals surface area contributed by atoms with Crippen LogP contribution in [0.3, 0.4) is 0 Å². The highest BCUT2D eigenvalue weighted by Gasteiger charge is 2.07. The van der Waals surface area contributed by atoms with Crippen molar-refractivity contribution < 1.29 is 9.84 Å². The molecule has 0 spiro atoms. The van der Waals surface area contributed by atoms with Crippen molar-refractivity contribution in [3.05, 3.63) is 54.6 Å². The Kier molecular flexibility index (Phi) is 6.44. The lowest BCUT2D eigenvalue weighted by molar-refractivity contribution is 0.104. The minimum Gasteiger partial charge on any atom is -0.491 e. The molecule has 0 saturated heterocycles. The zero-order valence-electron chi connectivity index (χ0n) is 13.3. The highest BCUT2D eigenvalue weighted by Crippen LogP contribution is 2.22. The summed E-state index contributed by atoms with van der Waals surface area (Å²) in [5, 5.41) is 13.2. The van der Waals surface area contributed by atoms with Gasteiger partial charge in [-0.15, -0.1) is 0 Å². The SMILES string of the molecule is CC[C@H](C)NC[C@@H](O)COc1ccc(-c2ccccc2)cc1. The number of hydrogen-bond acceptors (Lipinski definition) is 3. The van der Waals surface area contributed by atoms with Gasteiger partial charge in [0.25, 0.3) is 0 Å². The summed E-state index contributed by atoms with van der Waals surface area (Å²) in [6.45, 7) is 5.08. The Balaban J connectivity index is 1.82. The Bertz CT molecular complexity index is 539. The zero-order valence-corrected chi connectivity index (χ0v) is 13.3. The van der Waals surface area contributed by atoms with Gasteiger partial charge in [0.2, 0.25) is 0 Å². The molecule has 2 rings (SSSR count). The van der Waals surface area contributed by atoms with Gasteiger partial charge < -0.3 is 15.2 Å². The molecule has 3 heteroatoms. The quantitative estimate of drug-likeness (QED) is 0.784. The van der Waals surface area contributed by atoms with Crippen LogP contribution in [0.15, 0.2) is 54.6 Å². The van der Waals surface area contributed by atoms with Gasteiger partial charge in [-0.1, -0.05) is 49.4 Å². The van der Waals surface area contributed by atoms with Gasteiger partial charge in [-0.25, -0.2) is 0 Å². The summed E-state index contributed by atoms with van der Waals surface area (Å²) in [6.07, 6.45) is 0.553. The summed E-state index contributed by atoms with van der Waals surface area (Å²) in [5.41, 5.74) is 2.35. The van der Waals surface area contributed by atoms with Gasteiger partial charge in [-0.3, -0.25) is 0 Å². The third-order valence-electron chi connectivity index (χ3n) is 3.72. The molecule has 0 amide bonds. The first-order valence-electron chi connectivity index (χ1n) is 7.88. The lowest BCUT2D eigenvalue weighted by Gasteiger charge is -2.16. The maximum Gasteiger partial charge on any atom is 0.119 e. The average molecular weight is 299 g/mol. The van der Waals surface area contributed by atoms with Crippen LogP contribution in [0.5, 0.6) is 5.75 Å². The normalized spacial score (nSPS) is 13.6. The molecule has 0 heterocycles. The Morgan fingerprint density at radius 1 is 1.00 bits per heavy atom. The Labute approximate surface area is 133 Å². The van der Waals surface area contributed by atoms with Gasteiger partial charge in [0, 0.05) is 12.6 Å². The van der Waals surface area contributed by atoms with Crippen LogP contribution < -0.4 is 10.1 Å². The molecule has 0 aromatic heterocycles. The van der Waals surface area contributed by atoms with E-state index in [1.54, 1.807) is 0 Å². The number of hydrogen-bond donors (Lipinski definition) is 2. The molecule has 3 nitrogen and oxygen atoms in total. The number of nitrogens with one attached hydrogen (secondary N) is 1. The van der Waals surface area contributed by atoms with Gasteiger partial charge >= 0.3 is 0 Å². The fourth-order valence-electron chi connectivity index (χ4n) is 2.11. The molecular formula is C19H25NO2. The van der Waals surface area contributed by atoms with E-state index in [-0.39, 0.29) is 0 Å². The van der Waals surface area contributed by atoms with Crippen LogP contribution in [-0.4, -0.2) is 30.4 Å². The topological polar surface area (TPSA) is 41.5 Å². The van der Waals surface area contributed by atoms with E-state index in [9.17, 15) is 5.11 Å². The second-order valence-electron chi connectivity index (χ2n) is 5.57. The van der Waals surface area contributed by atoms with Crippen LogP contribution >= 0.6 is 0 Å². The maximum atomic E-state index is 9.90. The molecule has 0 aliphatic carbocycles. The molecule has 2 atom stereocenters. The van der Waals surface area contributed by atoms with Gasteiger partial charge in [-0.2, -0.15) is 0 Å². The van der Waals surface area contributed by atoms with E-state index < -0.39 is 6.10 Å². The Morgan fingerprint density at radius 2 is 1.64 bits per heavy atom. The average Bonchev–Trinajstić information content (AvgIpc) is 2.59. The predicted molar refractivity (Wildman–Crippen MR) is 91.1 cm³/mol. The van der Waals surface area contributed by atoms with Gasteiger partial charge in [0.1, 0.15) is 18.5 Å². The van der Waals surface area contributed by atoms with Crippen LogP contribution in [-0.2, 0) is 0 Å². The van der Waals surface area contributed by atoms with Gasteiger partial charge in [0.15, 0.2) is 0 Å². The van der Waals surface area contributed by atoms with Crippen molar-refractivity contribution in [3.8, 4) is 16.9 Å². The first kappa shape index (κ1) is 16.5. The summed E-state index contributed by atoms with van der Waals surface area (Å²) in [6, 6.07) is 18.6. The van der Waals surface area contributed by atoms with Crippen molar-refractivity contribution in [1.82, 2.24) is 5.32 Å². The lowest BCUT2D eigenvalue weighted by Crippen LogP contribution is -2.36. The van der Waals surface area contributed by atoms with E-state index in [0.29, 0.717) is 19.2 Å². The second kappa shape index (κ2) is 8.57. The lowest BCUT2D eigenvalue weighted by atomic mass is 10.1. The number of rotatable bonds is 8. The third kappa shape index (κ3) is 5.17. The molecule has 2 aromatic carbocycles. The highest BCUT2D eigenvalue weighted by molar-refractivity contribution is 5.63. The van der Waals surface area contributed by atoms with Crippen molar-refractivity contribution in [3.63, 3.8) is 0 Å². The summed E-state index contributed by atoms with van der Waals surface area (Å²) in [7, 11) is 0. The number of aliphatic hydroxyl groups is 1. The molecule has 0 saturated carbocycles. The van der Waals surface area contributed by atoms with Crippen molar-refractivity contribution in [2.24, 2.45) is 0 Å². The monoisotopic (exact) mass is 299 g/mol.